The van der Waals surface area contributed by atoms with Gasteiger partial charge in [0.05, 0.1) is 24.3 Å². The summed E-state index contributed by atoms with van der Waals surface area (Å²) < 4.78 is 4.84. The Labute approximate surface area is 63.2 Å². The lowest BCUT2D eigenvalue weighted by molar-refractivity contribution is 0.0998. The van der Waals surface area contributed by atoms with Crippen LogP contribution < -0.4 is 5.73 Å². The molecule has 0 aliphatic heterocycles. The number of rotatable bonds is 2. The van der Waals surface area contributed by atoms with E-state index in [0.717, 1.165) is 0 Å². The van der Waals surface area contributed by atoms with E-state index in [-0.39, 0.29) is 12.0 Å². The summed E-state index contributed by atoms with van der Waals surface area (Å²) in [4.78, 5) is 10.6. The zero-order valence-electron chi connectivity index (χ0n) is 5.70. The number of primary amides is 1. The molecule has 0 aliphatic carbocycles. The van der Waals surface area contributed by atoms with Gasteiger partial charge in [-0.1, -0.05) is 0 Å². The first-order valence-electron chi connectivity index (χ1n) is 2.99. The summed E-state index contributed by atoms with van der Waals surface area (Å²) >= 11 is 0. The van der Waals surface area contributed by atoms with Crippen LogP contribution in [0, 0.1) is 11.3 Å². The number of hydrogen-bond acceptors (Lipinski definition) is 3. The summed E-state index contributed by atoms with van der Waals surface area (Å²) in [5, 5.41) is 8.28. The molecule has 1 aromatic heterocycles. The van der Waals surface area contributed by atoms with E-state index >= 15 is 0 Å². The standard InChI is InChI=1S/C7H6N2O2/c8-3-1-6-5(7(9)10)2-4-11-6/h2,4H,1H2,(H2,9,10). The molecule has 0 aliphatic rings. The number of carbonyl (C=O) groups excluding carboxylic acids is 1. The highest BCUT2D eigenvalue weighted by Gasteiger charge is 2.09. The number of nitrogens with two attached hydrogens (primary N) is 1. The third-order valence-electron chi connectivity index (χ3n) is 1.25. The Hall–Kier alpha value is -1.76. The largest absolute Gasteiger partial charge is 0.467 e. The average Bonchev–Trinajstić information content (AvgIpc) is 2.36. The maximum Gasteiger partial charge on any atom is 0.252 e. The van der Waals surface area contributed by atoms with Crippen LogP contribution in [0.25, 0.3) is 0 Å². The first-order valence-corrected chi connectivity index (χ1v) is 2.99. The molecule has 4 heteroatoms. The third-order valence-corrected chi connectivity index (χ3v) is 1.25. The van der Waals surface area contributed by atoms with Gasteiger partial charge >= 0.3 is 0 Å². The van der Waals surface area contributed by atoms with Crippen LogP contribution >= 0.6 is 0 Å². The summed E-state index contributed by atoms with van der Waals surface area (Å²) in [6.07, 6.45) is 1.41. The van der Waals surface area contributed by atoms with Gasteiger partial charge in [0.1, 0.15) is 5.76 Å². The Bertz CT molecular complexity index is 308. The van der Waals surface area contributed by atoms with Gasteiger partial charge in [0, 0.05) is 0 Å². The summed E-state index contributed by atoms with van der Waals surface area (Å²) in [5.74, 6) is -0.232. The van der Waals surface area contributed by atoms with E-state index in [0.29, 0.717) is 5.76 Å². The summed E-state index contributed by atoms with van der Waals surface area (Å²) in [6.45, 7) is 0. The topological polar surface area (TPSA) is 80.0 Å². The molecular weight excluding hydrogens is 144 g/mol. The zero-order chi connectivity index (χ0) is 8.27. The van der Waals surface area contributed by atoms with Gasteiger partial charge in [0.2, 0.25) is 0 Å². The van der Waals surface area contributed by atoms with Crippen molar-refractivity contribution < 1.29 is 9.21 Å². The minimum absolute atomic E-state index is 0.0747. The zero-order valence-corrected chi connectivity index (χ0v) is 5.70. The van der Waals surface area contributed by atoms with Crippen molar-refractivity contribution in [1.82, 2.24) is 0 Å². The van der Waals surface area contributed by atoms with Crippen LogP contribution in [-0.2, 0) is 6.42 Å². The second-order valence-corrected chi connectivity index (χ2v) is 1.96. The number of nitrogens with zero attached hydrogens (tertiary/aromatic N) is 1. The molecule has 4 nitrogen and oxygen atoms in total. The van der Waals surface area contributed by atoms with Crippen molar-refractivity contribution in [3.63, 3.8) is 0 Å². The van der Waals surface area contributed by atoms with Crippen LogP contribution in [-0.4, -0.2) is 5.91 Å². The molecule has 1 amide bonds. The first kappa shape index (κ1) is 7.35. The fourth-order valence-corrected chi connectivity index (χ4v) is 0.769. The molecule has 0 fully saturated rings. The molecule has 0 aromatic carbocycles. The number of amides is 1. The molecule has 56 valence electrons. The molecule has 0 saturated heterocycles. The van der Waals surface area contributed by atoms with E-state index in [1.54, 1.807) is 0 Å². The predicted octanol–water partition coefficient (Wildman–Crippen LogP) is 0.445. The van der Waals surface area contributed by atoms with E-state index in [1.807, 2.05) is 6.07 Å². The quantitative estimate of drug-likeness (QED) is 0.664. The van der Waals surface area contributed by atoms with E-state index < -0.39 is 5.91 Å². The molecule has 1 rings (SSSR count). The van der Waals surface area contributed by atoms with Crippen LogP contribution in [0.4, 0.5) is 0 Å². The Balaban J connectivity index is 2.98. The lowest BCUT2D eigenvalue weighted by atomic mass is 10.2. The van der Waals surface area contributed by atoms with Crippen LogP contribution in [0.3, 0.4) is 0 Å². The first-order chi connectivity index (χ1) is 5.25. The van der Waals surface area contributed by atoms with Crippen LogP contribution in [0.15, 0.2) is 16.7 Å². The van der Waals surface area contributed by atoms with Gasteiger partial charge in [0.25, 0.3) is 5.91 Å². The van der Waals surface area contributed by atoms with Crippen molar-refractivity contribution in [1.29, 1.82) is 5.26 Å². The average molecular weight is 150 g/mol. The van der Waals surface area contributed by atoms with E-state index in [4.69, 9.17) is 15.4 Å². The smallest absolute Gasteiger partial charge is 0.252 e. The van der Waals surface area contributed by atoms with Crippen molar-refractivity contribution in [3.05, 3.63) is 23.7 Å². The number of nitriles is 1. The molecule has 0 spiro atoms. The Morgan fingerprint density at radius 1 is 1.82 bits per heavy atom. The molecule has 0 bridgehead atoms. The molecule has 11 heavy (non-hydrogen) atoms. The molecule has 0 radical (unpaired) electrons. The van der Waals surface area contributed by atoms with Crippen LogP contribution in [0.1, 0.15) is 16.1 Å². The van der Waals surface area contributed by atoms with E-state index in [1.165, 1.54) is 12.3 Å². The maximum absolute atomic E-state index is 10.6. The monoisotopic (exact) mass is 150 g/mol. The van der Waals surface area contributed by atoms with Crippen molar-refractivity contribution >= 4 is 5.91 Å². The van der Waals surface area contributed by atoms with E-state index in [9.17, 15) is 4.79 Å². The normalized spacial score (nSPS) is 9.00. The minimum atomic E-state index is -0.566. The van der Waals surface area contributed by atoms with Gasteiger partial charge in [0.15, 0.2) is 0 Å². The van der Waals surface area contributed by atoms with Gasteiger partial charge < -0.3 is 10.2 Å². The number of hydrogen-bond donors (Lipinski definition) is 1. The van der Waals surface area contributed by atoms with Gasteiger partial charge in [-0.05, 0) is 6.07 Å². The maximum atomic E-state index is 10.6. The second-order valence-electron chi connectivity index (χ2n) is 1.96. The molecule has 0 unspecified atom stereocenters. The molecule has 1 aromatic rings. The highest BCUT2D eigenvalue weighted by molar-refractivity contribution is 5.93. The third kappa shape index (κ3) is 1.38. The van der Waals surface area contributed by atoms with Gasteiger partial charge in [-0.3, -0.25) is 4.79 Å². The van der Waals surface area contributed by atoms with Crippen LogP contribution in [0.5, 0.6) is 0 Å². The Morgan fingerprint density at radius 2 is 2.55 bits per heavy atom. The minimum Gasteiger partial charge on any atom is -0.467 e. The fourth-order valence-electron chi connectivity index (χ4n) is 0.769. The summed E-state index contributed by atoms with van der Waals surface area (Å²) in [7, 11) is 0. The lowest BCUT2D eigenvalue weighted by Gasteiger charge is -1.90. The predicted molar refractivity (Wildman–Crippen MR) is 36.5 cm³/mol. The molecule has 0 atom stereocenters. The van der Waals surface area contributed by atoms with Crippen molar-refractivity contribution in [2.24, 2.45) is 5.73 Å². The van der Waals surface area contributed by atoms with Crippen molar-refractivity contribution in [3.8, 4) is 6.07 Å². The molecule has 1 heterocycles. The van der Waals surface area contributed by atoms with Gasteiger partial charge in [-0.15, -0.1) is 0 Å². The summed E-state index contributed by atoms with van der Waals surface area (Å²) in [6, 6.07) is 3.32. The molecular formula is C7H6N2O2. The highest BCUT2D eigenvalue weighted by Crippen LogP contribution is 2.09. The van der Waals surface area contributed by atoms with Crippen molar-refractivity contribution in [2.45, 2.75) is 6.42 Å². The van der Waals surface area contributed by atoms with E-state index in [2.05, 4.69) is 0 Å². The van der Waals surface area contributed by atoms with Crippen molar-refractivity contribution in [2.75, 3.05) is 0 Å². The second kappa shape index (κ2) is 2.88. The number of carbonyl (C=O) groups is 1. The highest BCUT2D eigenvalue weighted by atomic mass is 16.3. The van der Waals surface area contributed by atoms with Crippen LogP contribution in [0.2, 0.25) is 0 Å². The summed E-state index contributed by atoms with van der Waals surface area (Å²) in [5.41, 5.74) is 5.26. The number of furan rings is 1. The SMILES string of the molecule is N#CCc1occc1C(N)=O. The fraction of sp³-hybridized carbons (Fsp3) is 0.143. The lowest BCUT2D eigenvalue weighted by Crippen LogP contribution is -2.11. The van der Waals surface area contributed by atoms with Gasteiger partial charge in [-0.25, -0.2) is 0 Å². The molecule has 0 saturated carbocycles. The Kier molecular flexibility index (Phi) is 1.93. The molecule has 2 N–H and O–H groups in total. The van der Waals surface area contributed by atoms with Gasteiger partial charge in [-0.2, -0.15) is 5.26 Å². The Morgan fingerprint density at radius 3 is 3.09 bits per heavy atom.